The first kappa shape index (κ1) is 16.4. The highest BCUT2D eigenvalue weighted by Crippen LogP contribution is 2.18. The molecule has 0 atom stereocenters. The van der Waals surface area contributed by atoms with Crippen molar-refractivity contribution in [2.75, 3.05) is 5.32 Å². The zero-order valence-corrected chi connectivity index (χ0v) is 12.2. The number of hydrogen-bond donors (Lipinski definition) is 1. The lowest BCUT2D eigenvalue weighted by Gasteiger charge is -2.02. The van der Waals surface area contributed by atoms with E-state index in [2.05, 4.69) is 22.4 Å². The molecule has 2 aromatic heterocycles. The van der Waals surface area contributed by atoms with Crippen molar-refractivity contribution in [3.8, 4) is 0 Å². The lowest BCUT2D eigenvalue weighted by molar-refractivity contribution is 0.0563. The fourth-order valence-corrected chi connectivity index (χ4v) is 1.80. The van der Waals surface area contributed by atoms with Crippen LogP contribution in [0, 0.1) is 6.92 Å². The van der Waals surface area contributed by atoms with Crippen molar-refractivity contribution < 1.29 is 8.78 Å². The smallest absolute Gasteiger partial charge is 0.333 e. The fourth-order valence-electron chi connectivity index (χ4n) is 1.80. The molecule has 0 fully saturated rings. The van der Waals surface area contributed by atoms with Crippen molar-refractivity contribution in [3.05, 3.63) is 29.8 Å². The molecular formula is C12H18ClF2N5. The van der Waals surface area contributed by atoms with E-state index in [1.165, 1.54) is 6.20 Å². The van der Waals surface area contributed by atoms with Gasteiger partial charge >= 0.3 is 6.55 Å². The minimum Gasteiger partial charge on any atom is -0.378 e. The van der Waals surface area contributed by atoms with Crippen LogP contribution in [0.4, 0.5) is 14.5 Å². The van der Waals surface area contributed by atoms with Gasteiger partial charge in [-0.1, -0.05) is 6.92 Å². The Kier molecular flexibility index (Phi) is 5.94. The summed E-state index contributed by atoms with van der Waals surface area (Å²) in [5, 5.41) is 11.0. The molecule has 0 saturated carbocycles. The second-order valence-corrected chi connectivity index (χ2v) is 4.35. The van der Waals surface area contributed by atoms with Crippen LogP contribution >= 0.6 is 12.4 Å². The van der Waals surface area contributed by atoms with Gasteiger partial charge in [-0.25, -0.2) is 4.68 Å². The molecule has 112 valence electrons. The molecule has 5 nitrogen and oxygen atoms in total. The number of nitrogens with one attached hydrogen (secondary N) is 1. The predicted molar refractivity (Wildman–Crippen MR) is 75.3 cm³/mol. The number of anilines is 1. The summed E-state index contributed by atoms with van der Waals surface area (Å²) in [4.78, 5) is 0. The van der Waals surface area contributed by atoms with Crippen LogP contribution in [0.15, 0.2) is 18.6 Å². The van der Waals surface area contributed by atoms with Crippen molar-refractivity contribution in [3.63, 3.8) is 0 Å². The average Bonchev–Trinajstić information content (AvgIpc) is 2.94. The highest BCUT2D eigenvalue weighted by molar-refractivity contribution is 5.85. The topological polar surface area (TPSA) is 47.7 Å². The first-order valence-corrected chi connectivity index (χ1v) is 6.19. The van der Waals surface area contributed by atoms with Crippen LogP contribution in [-0.2, 0) is 13.1 Å². The summed E-state index contributed by atoms with van der Waals surface area (Å²) in [5.74, 6) is 0. The lowest BCUT2D eigenvalue weighted by atomic mass is 10.3. The van der Waals surface area contributed by atoms with Crippen LogP contribution in [0.5, 0.6) is 0 Å². The van der Waals surface area contributed by atoms with Crippen LogP contribution in [0.25, 0.3) is 0 Å². The number of aromatic nitrogens is 4. The lowest BCUT2D eigenvalue weighted by Crippen LogP contribution is -1.99. The SMILES string of the molecule is CCCn1cc(CNc2cn(C(F)F)nc2C)cn1.Cl. The third kappa shape index (κ3) is 3.93. The molecule has 0 aliphatic heterocycles. The van der Waals surface area contributed by atoms with E-state index >= 15 is 0 Å². The van der Waals surface area contributed by atoms with E-state index in [9.17, 15) is 8.78 Å². The van der Waals surface area contributed by atoms with Crippen LogP contribution in [0.1, 0.15) is 31.2 Å². The summed E-state index contributed by atoms with van der Waals surface area (Å²) in [7, 11) is 0. The number of hydrogen-bond acceptors (Lipinski definition) is 3. The zero-order chi connectivity index (χ0) is 13.8. The number of halogens is 3. The van der Waals surface area contributed by atoms with Gasteiger partial charge in [-0.2, -0.15) is 19.0 Å². The van der Waals surface area contributed by atoms with Gasteiger partial charge in [0.1, 0.15) is 0 Å². The summed E-state index contributed by atoms with van der Waals surface area (Å²) in [6, 6.07) is 0. The third-order valence-electron chi connectivity index (χ3n) is 2.74. The van der Waals surface area contributed by atoms with E-state index in [0.717, 1.165) is 18.5 Å². The maximum Gasteiger partial charge on any atom is 0.333 e. The number of nitrogens with zero attached hydrogens (tertiary/aromatic N) is 4. The Labute approximate surface area is 122 Å². The van der Waals surface area contributed by atoms with Crippen LogP contribution in [0.2, 0.25) is 0 Å². The molecule has 0 radical (unpaired) electrons. The monoisotopic (exact) mass is 305 g/mol. The number of alkyl halides is 2. The second-order valence-electron chi connectivity index (χ2n) is 4.35. The minimum absolute atomic E-state index is 0. The van der Waals surface area contributed by atoms with Crippen molar-refractivity contribution in [1.82, 2.24) is 19.6 Å². The van der Waals surface area contributed by atoms with E-state index in [4.69, 9.17) is 0 Å². The summed E-state index contributed by atoms with van der Waals surface area (Å²) in [6.07, 6.45) is 6.06. The molecule has 0 saturated heterocycles. The van der Waals surface area contributed by atoms with E-state index in [1.807, 2.05) is 10.9 Å². The van der Waals surface area contributed by atoms with Crippen LogP contribution < -0.4 is 5.32 Å². The predicted octanol–water partition coefficient (Wildman–Crippen LogP) is 3.23. The Morgan fingerprint density at radius 2 is 2.10 bits per heavy atom. The normalized spacial score (nSPS) is 10.7. The first-order chi connectivity index (χ1) is 9.10. The number of aryl methyl sites for hydroxylation is 2. The van der Waals surface area contributed by atoms with Crippen molar-refractivity contribution >= 4 is 18.1 Å². The summed E-state index contributed by atoms with van der Waals surface area (Å²) in [5.41, 5.74) is 2.18. The molecule has 2 aromatic rings. The van der Waals surface area contributed by atoms with Gasteiger partial charge in [0.2, 0.25) is 0 Å². The first-order valence-electron chi connectivity index (χ1n) is 6.19. The van der Waals surface area contributed by atoms with Crippen molar-refractivity contribution in [2.24, 2.45) is 0 Å². The average molecular weight is 306 g/mol. The molecule has 0 aromatic carbocycles. The molecule has 0 aliphatic carbocycles. The molecule has 0 aliphatic rings. The van der Waals surface area contributed by atoms with Crippen LogP contribution in [0.3, 0.4) is 0 Å². The number of rotatable bonds is 6. The molecule has 20 heavy (non-hydrogen) atoms. The summed E-state index contributed by atoms with van der Waals surface area (Å²) < 4.78 is 27.5. The largest absolute Gasteiger partial charge is 0.378 e. The second kappa shape index (κ2) is 7.23. The highest BCUT2D eigenvalue weighted by atomic mass is 35.5. The Hall–Kier alpha value is -1.63. The van der Waals surface area contributed by atoms with E-state index in [1.54, 1.807) is 13.1 Å². The molecular weight excluding hydrogens is 288 g/mol. The van der Waals surface area contributed by atoms with Gasteiger partial charge in [0.25, 0.3) is 0 Å². The molecule has 0 bridgehead atoms. The molecule has 0 unspecified atom stereocenters. The summed E-state index contributed by atoms with van der Waals surface area (Å²) in [6.45, 7) is 2.59. The molecule has 0 spiro atoms. The Bertz CT molecular complexity index is 538. The Morgan fingerprint density at radius 1 is 1.35 bits per heavy atom. The molecule has 2 heterocycles. The minimum atomic E-state index is -2.61. The van der Waals surface area contributed by atoms with Gasteiger partial charge in [0.05, 0.1) is 23.8 Å². The van der Waals surface area contributed by atoms with Gasteiger partial charge in [-0.05, 0) is 13.3 Å². The van der Waals surface area contributed by atoms with E-state index < -0.39 is 6.55 Å². The molecule has 2 rings (SSSR count). The van der Waals surface area contributed by atoms with Crippen molar-refractivity contribution in [2.45, 2.75) is 39.9 Å². The zero-order valence-electron chi connectivity index (χ0n) is 11.4. The van der Waals surface area contributed by atoms with Gasteiger partial charge < -0.3 is 5.32 Å². The summed E-state index contributed by atoms with van der Waals surface area (Å²) >= 11 is 0. The maximum atomic E-state index is 12.5. The van der Waals surface area contributed by atoms with Gasteiger partial charge in [0.15, 0.2) is 0 Å². The highest BCUT2D eigenvalue weighted by Gasteiger charge is 2.11. The molecule has 0 amide bonds. The van der Waals surface area contributed by atoms with Gasteiger partial charge in [-0.3, -0.25) is 4.68 Å². The Morgan fingerprint density at radius 3 is 2.70 bits per heavy atom. The van der Waals surface area contributed by atoms with Crippen LogP contribution in [-0.4, -0.2) is 19.6 Å². The van der Waals surface area contributed by atoms with E-state index in [-0.39, 0.29) is 12.4 Å². The maximum absolute atomic E-state index is 12.5. The molecule has 1 N–H and O–H groups in total. The fraction of sp³-hybridized carbons (Fsp3) is 0.500. The van der Waals surface area contributed by atoms with Crippen molar-refractivity contribution in [1.29, 1.82) is 0 Å². The van der Waals surface area contributed by atoms with E-state index in [0.29, 0.717) is 22.6 Å². The third-order valence-corrected chi connectivity index (χ3v) is 2.74. The Balaban J connectivity index is 0.00000200. The van der Waals surface area contributed by atoms with Gasteiger partial charge in [0, 0.05) is 24.8 Å². The quantitative estimate of drug-likeness (QED) is 0.891. The van der Waals surface area contributed by atoms with Gasteiger partial charge in [-0.15, -0.1) is 12.4 Å². The standard InChI is InChI=1S/C12H17F2N5.ClH/c1-3-4-18-7-10(6-16-18)5-15-11-8-19(12(13)14)17-9(11)2;/h6-8,12,15H,3-5H2,1-2H3;1H. The molecule has 8 heteroatoms.